The van der Waals surface area contributed by atoms with Gasteiger partial charge in [-0.1, -0.05) is 23.7 Å². The summed E-state index contributed by atoms with van der Waals surface area (Å²) >= 11 is 5.94. The Morgan fingerprint density at radius 2 is 1.76 bits per heavy atom. The van der Waals surface area contributed by atoms with Crippen molar-refractivity contribution in [3.63, 3.8) is 0 Å². The highest BCUT2D eigenvalue weighted by atomic mass is 35.5. The van der Waals surface area contributed by atoms with Crippen molar-refractivity contribution in [3.8, 4) is 5.69 Å². The molecular formula is C18H15ClF3N3. The van der Waals surface area contributed by atoms with Gasteiger partial charge in [0.05, 0.1) is 16.9 Å². The van der Waals surface area contributed by atoms with Crippen molar-refractivity contribution in [1.29, 1.82) is 0 Å². The zero-order chi connectivity index (χ0) is 17.9. The number of nitrogens with one attached hydrogen (secondary N) is 1. The Morgan fingerprint density at radius 1 is 1.00 bits per heavy atom. The number of hydrogen-bond acceptors (Lipinski definition) is 2. The van der Waals surface area contributed by atoms with Crippen LogP contribution in [0.1, 0.15) is 16.8 Å². The van der Waals surface area contributed by atoms with Gasteiger partial charge in [-0.05, 0) is 48.0 Å². The molecule has 3 aromatic rings. The Labute approximate surface area is 148 Å². The van der Waals surface area contributed by atoms with Crippen molar-refractivity contribution in [1.82, 2.24) is 15.1 Å². The van der Waals surface area contributed by atoms with Crippen molar-refractivity contribution in [2.45, 2.75) is 19.3 Å². The fraction of sp³-hybridized carbons (Fsp3) is 0.167. The van der Waals surface area contributed by atoms with E-state index in [0.717, 1.165) is 23.4 Å². The summed E-state index contributed by atoms with van der Waals surface area (Å²) in [4.78, 5) is 0. The first-order valence-corrected chi connectivity index (χ1v) is 7.97. The first kappa shape index (κ1) is 17.5. The lowest BCUT2D eigenvalue weighted by atomic mass is 10.2. The third-order valence-corrected chi connectivity index (χ3v) is 3.86. The van der Waals surface area contributed by atoms with E-state index in [2.05, 4.69) is 10.4 Å². The molecule has 2 aromatic carbocycles. The summed E-state index contributed by atoms with van der Waals surface area (Å²) in [5.74, 6) is 0. The first-order chi connectivity index (χ1) is 11.9. The quantitative estimate of drug-likeness (QED) is 0.701. The minimum atomic E-state index is -4.34. The number of nitrogens with zero attached hydrogens (tertiary/aromatic N) is 2. The molecule has 0 amide bonds. The molecule has 1 N–H and O–H groups in total. The summed E-state index contributed by atoms with van der Waals surface area (Å²) in [7, 11) is 0. The fourth-order valence-corrected chi connectivity index (χ4v) is 2.60. The Kier molecular flexibility index (Phi) is 5.11. The second-order valence-electron chi connectivity index (χ2n) is 5.53. The van der Waals surface area contributed by atoms with Crippen LogP contribution in [-0.2, 0) is 19.3 Å². The standard InChI is InChI=1S/C18H15ClF3N3/c19-15-3-1-2-13(10-15)11-23-12-16-8-9-25(24-16)17-6-4-14(5-7-17)18(20,21)22/h1-10,23H,11-12H2. The molecule has 0 bridgehead atoms. The number of halogens is 4. The van der Waals surface area contributed by atoms with Crippen LogP contribution in [0.2, 0.25) is 5.02 Å². The number of alkyl halides is 3. The van der Waals surface area contributed by atoms with Crippen molar-refractivity contribution in [2.75, 3.05) is 0 Å². The van der Waals surface area contributed by atoms with Crippen molar-refractivity contribution >= 4 is 11.6 Å². The maximum atomic E-state index is 12.6. The van der Waals surface area contributed by atoms with Crippen LogP contribution in [0.15, 0.2) is 60.8 Å². The lowest BCUT2D eigenvalue weighted by Gasteiger charge is -2.07. The first-order valence-electron chi connectivity index (χ1n) is 7.59. The van der Waals surface area contributed by atoms with Crippen LogP contribution < -0.4 is 5.32 Å². The molecular weight excluding hydrogens is 351 g/mol. The maximum absolute atomic E-state index is 12.6. The molecule has 0 aliphatic carbocycles. The van der Waals surface area contributed by atoms with Crippen molar-refractivity contribution in [2.24, 2.45) is 0 Å². The highest BCUT2D eigenvalue weighted by molar-refractivity contribution is 6.30. The van der Waals surface area contributed by atoms with Gasteiger partial charge >= 0.3 is 6.18 Å². The predicted molar refractivity (Wildman–Crippen MR) is 90.6 cm³/mol. The molecule has 130 valence electrons. The van der Waals surface area contributed by atoms with Gasteiger partial charge in [-0.3, -0.25) is 0 Å². The summed E-state index contributed by atoms with van der Waals surface area (Å²) in [5.41, 5.74) is 1.76. The molecule has 3 rings (SSSR count). The van der Waals surface area contributed by atoms with Gasteiger partial charge < -0.3 is 5.32 Å². The number of aromatic nitrogens is 2. The Hall–Kier alpha value is -2.31. The van der Waals surface area contributed by atoms with E-state index in [4.69, 9.17) is 11.6 Å². The van der Waals surface area contributed by atoms with Gasteiger partial charge in [0.1, 0.15) is 0 Å². The van der Waals surface area contributed by atoms with E-state index in [0.29, 0.717) is 23.8 Å². The van der Waals surface area contributed by atoms with Gasteiger partial charge in [0.2, 0.25) is 0 Å². The van der Waals surface area contributed by atoms with Crippen LogP contribution in [0.4, 0.5) is 13.2 Å². The molecule has 0 spiro atoms. The second kappa shape index (κ2) is 7.29. The topological polar surface area (TPSA) is 29.9 Å². The Morgan fingerprint density at radius 3 is 2.44 bits per heavy atom. The van der Waals surface area contributed by atoms with Crippen LogP contribution in [0, 0.1) is 0 Å². The third-order valence-electron chi connectivity index (χ3n) is 3.63. The summed E-state index contributed by atoms with van der Waals surface area (Å²) in [5, 5.41) is 8.31. The highest BCUT2D eigenvalue weighted by Gasteiger charge is 2.30. The minimum absolute atomic E-state index is 0.542. The molecule has 0 unspecified atom stereocenters. The average Bonchev–Trinajstić information content (AvgIpc) is 3.03. The smallest absolute Gasteiger partial charge is 0.307 e. The van der Waals surface area contributed by atoms with Crippen molar-refractivity contribution in [3.05, 3.63) is 82.6 Å². The molecule has 0 aliphatic rings. The van der Waals surface area contributed by atoms with Crippen LogP contribution in [0.5, 0.6) is 0 Å². The molecule has 1 heterocycles. The van der Waals surface area contributed by atoms with Gasteiger partial charge in [0, 0.05) is 24.3 Å². The van der Waals surface area contributed by atoms with Crippen molar-refractivity contribution < 1.29 is 13.2 Å². The lowest BCUT2D eigenvalue weighted by molar-refractivity contribution is -0.137. The number of benzene rings is 2. The zero-order valence-corrected chi connectivity index (χ0v) is 13.8. The van der Waals surface area contributed by atoms with E-state index in [9.17, 15) is 13.2 Å². The van der Waals surface area contributed by atoms with Crippen LogP contribution >= 0.6 is 11.6 Å². The molecule has 3 nitrogen and oxygen atoms in total. The third kappa shape index (κ3) is 4.61. The molecule has 0 aliphatic heterocycles. The highest BCUT2D eigenvalue weighted by Crippen LogP contribution is 2.29. The molecule has 0 fully saturated rings. The molecule has 25 heavy (non-hydrogen) atoms. The molecule has 7 heteroatoms. The molecule has 0 radical (unpaired) electrons. The van der Waals surface area contributed by atoms with E-state index in [-0.39, 0.29) is 0 Å². The predicted octanol–water partition coefficient (Wildman–Crippen LogP) is 4.83. The zero-order valence-electron chi connectivity index (χ0n) is 13.1. The lowest BCUT2D eigenvalue weighted by Crippen LogP contribution is -2.13. The maximum Gasteiger partial charge on any atom is 0.416 e. The summed E-state index contributed by atoms with van der Waals surface area (Å²) in [6.07, 6.45) is -2.61. The second-order valence-corrected chi connectivity index (χ2v) is 5.97. The van der Waals surface area contributed by atoms with E-state index < -0.39 is 11.7 Å². The van der Waals surface area contributed by atoms with E-state index in [1.807, 2.05) is 30.3 Å². The van der Waals surface area contributed by atoms with Crippen LogP contribution in [-0.4, -0.2) is 9.78 Å². The van der Waals surface area contributed by atoms with E-state index in [1.165, 1.54) is 12.1 Å². The van der Waals surface area contributed by atoms with Crippen LogP contribution in [0.3, 0.4) is 0 Å². The van der Waals surface area contributed by atoms with Gasteiger partial charge in [-0.25, -0.2) is 4.68 Å². The Bertz CT molecular complexity index is 841. The normalized spacial score (nSPS) is 11.7. The Balaban J connectivity index is 1.60. The SMILES string of the molecule is FC(F)(F)c1ccc(-n2ccc(CNCc3cccc(Cl)c3)n2)cc1. The van der Waals surface area contributed by atoms with E-state index >= 15 is 0 Å². The van der Waals surface area contributed by atoms with Gasteiger partial charge in [0.25, 0.3) is 0 Å². The average molecular weight is 366 g/mol. The molecule has 0 atom stereocenters. The molecule has 0 saturated carbocycles. The summed E-state index contributed by atoms with van der Waals surface area (Å²) in [6.45, 7) is 1.19. The molecule has 1 aromatic heterocycles. The number of hydrogen-bond donors (Lipinski definition) is 1. The minimum Gasteiger partial charge on any atom is -0.307 e. The number of rotatable bonds is 5. The largest absolute Gasteiger partial charge is 0.416 e. The van der Waals surface area contributed by atoms with E-state index in [1.54, 1.807) is 10.9 Å². The molecule has 0 saturated heterocycles. The van der Waals surface area contributed by atoms with Gasteiger partial charge in [-0.2, -0.15) is 18.3 Å². The summed E-state index contributed by atoms with van der Waals surface area (Å²) in [6, 6.07) is 14.3. The van der Waals surface area contributed by atoms with Gasteiger partial charge in [0.15, 0.2) is 0 Å². The van der Waals surface area contributed by atoms with Crippen LogP contribution in [0.25, 0.3) is 5.69 Å². The summed E-state index contributed by atoms with van der Waals surface area (Å²) < 4.78 is 39.3. The monoisotopic (exact) mass is 365 g/mol. The fourth-order valence-electron chi connectivity index (χ4n) is 2.38. The van der Waals surface area contributed by atoms with Gasteiger partial charge in [-0.15, -0.1) is 0 Å².